The van der Waals surface area contributed by atoms with Crippen LogP contribution in [0, 0.1) is 0 Å². The van der Waals surface area contributed by atoms with Gasteiger partial charge in [-0.2, -0.15) is 11.3 Å². The summed E-state index contributed by atoms with van der Waals surface area (Å²) in [6, 6.07) is 9.57. The zero-order valence-electron chi connectivity index (χ0n) is 10.2. The lowest BCUT2D eigenvalue weighted by atomic mass is 9.97. The molecule has 2 rings (SSSR count). The molecule has 18 heavy (non-hydrogen) atoms. The van der Waals surface area contributed by atoms with Gasteiger partial charge < -0.3 is 11.1 Å². The molecular weight excluding hydrogens is 244 g/mol. The summed E-state index contributed by atoms with van der Waals surface area (Å²) in [7, 11) is 0. The van der Waals surface area contributed by atoms with Crippen LogP contribution in [-0.4, -0.2) is 5.91 Å². The normalized spacial score (nSPS) is 12.1. The molecule has 3 nitrogen and oxygen atoms in total. The van der Waals surface area contributed by atoms with Gasteiger partial charge in [0.2, 0.25) is 5.91 Å². The van der Waals surface area contributed by atoms with Crippen LogP contribution < -0.4 is 11.1 Å². The van der Waals surface area contributed by atoms with Gasteiger partial charge in [0.15, 0.2) is 0 Å². The Labute approximate surface area is 111 Å². The molecule has 1 aromatic heterocycles. The fourth-order valence-corrected chi connectivity index (χ4v) is 2.36. The number of nitrogens with two attached hydrogens (primary N) is 1. The van der Waals surface area contributed by atoms with E-state index < -0.39 is 0 Å². The third-order valence-electron chi connectivity index (χ3n) is 2.80. The van der Waals surface area contributed by atoms with Crippen molar-refractivity contribution in [3.05, 3.63) is 46.7 Å². The fraction of sp³-hybridized carbons (Fsp3) is 0.214. The second kappa shape index (κ2) is 5.69. The summed E-state index contributed by atoms with van der Waals surface area (Å²) in [6.45, 7) is 2.04. The van der Waals surface area contributed by atoms with Crippen LogP contribution in [0.4, 0.5) is 11.4 Å². The molecule has 3 N–H and O–H groups in total. The maximum atomic E-state index is 11.8. The van der Waals surface area contributed by atoms with Crippen molar-refractivity contribution in [3.63, 3.8) is 0 Å². The van der Waals surface area contributed by atoms with Gasteiger partial charge in [0.05, 0.1) is 5.69 Å². The van der Waals surface area contributed by atoms with E-state index in [2.05, 4.69) is 5.32 Å². The zero-order valence-corrected chi connectivity index (χ0v) is 11.0. The number of carbonyl (C=O) groups is 1. The molecule has 1 amide bonds. The van der Waals surface area contributed by atoms with Crippen molar-refractivity contribution in [3.8, 4) is 0 Å². The highest BCUT2D eigenvalue weighted by molar-refractivity contribution is 7.08. The standard InChI is InChI=1S/C14H16N2OS/c1-10(11-2-4-12(15)5-3-11)8-14(17)16-13-6-7-18-9-13/h2-7,9-10H,8,15H2,1H3,(H,16,17). The highest BCUT2D eigenvalue weighted by atomic mass is 32.1. The first kappa shape index (κ1) is 12.6. The van der Waals surface area contributed by atoms with Crippen LogP contribution in [0.25, 0.3) is 0 Å². The van der Waals surface area contributed by atoms with E-state index in [-0.39, 0.29) is 11.8 Å². The summed E-state index contributed by atoms with van der Waals surface area (Å²) >= 11 is 1.57. The summed E-state index contributed by atoms with van der Waals surface area (Å²) in [4.78, 5) is 11.8. The van der Waals surface area contributed by atoms with Crippen LogP contribution in [0.1, 0.15) is 24.8 Å². The lowest BCUT2D eigenvalue weighted by molar-refractivity contribution is -0.116. The van der Waals surface area contributed by atoms with E-state index in [1.807, 2.05) is 48.0 Å². The third-order valence-corrected chi connectivity index (χ3v) is 3.49. The Bertz CT molecular complexity index is 505. The summed E-state index contributed by atoms with van der Waals surface area (Å²) < 4.78 is 0. The Hall–Kier alpha value is -1.81. The van der Waals surface area contributed by atoms with Crippen molar-refractivity contribution in [1.82, 2.24) is 0 Å². The van der Waals surface area contributed by atoms with Gasteiger partial charge in [-0.25, -0.2) is 0 Å². The lowest BCUT2D eigenvalue weighted by Crippen LogP contribution is -2.13. The number of hydrogen-bond acceptors (Lipinski definition) is 3. The molecule has 0 bridgehead atoms. The molecule has 0 fully saturated rings. The number of carbonyl (C=O) groups excluding carboxylic acids is 1. The molecule has 0 aliphatic rings. The van der Waals surface area contributed by atoms with Crippen LogP contribution in [0.3, 0.4) is 0 Å². The molecule has 0 aliphatic carbocycles. The number of benzene rings is 1. The maximum absolute atomic E-state index is 11.8. The number of nitrogens with one attached hydrogen (secondary N) is 1. The van der Waals surface area contributed by atoms with Crippen molar-refractivity contribution in [2.45, 2.75) is 19.3 Å². The van der Waals surface area contributed by atoms with Crippen LogP contribution >= 0.6 is 11.3 Å². The second-order valence-electron chi connectivity index (χ2n) is 4.33. The maximum Gasteiger partial charge on any atom is 0.224 e. The smallest absolute Gasteiger partial charge is 0.224 e. The van der Waals surface area contributed by atoms with E-state index in [0.29, 0.717) is 6.42 Å². The summed E-state index contributed by atoms with van der Waals surface area (Å²) in [5.74, 6) is 0.224. The number of anilines is 2. The van der Waals surface area contributed by atoms with Gasteiger partial charge in [0, 0.05) is 17.5 Å². The van der Waals surface area contributed by atoms with Gasteiger partial charge in [-0.3, -0.25) is 4.79 Å². The Morgan fingerprint density at radius 3 is 2.67 bits per heavy atom. The highest BCUT2D eigenvalue weighted by Gasteiger charge is 2.11. The first-order valence-electron chi connectivity index (χ1n) is 5.82. The van der Waals surface area contributed by atoms with Crippen LogP contribution in [0.2, 0.25) is 0 Å². The molecule has 1 unspecified atom stereocenters. The van der Waals surface area contributed by atoms with Crippen molar-refractivity contribution in [2.24, 2.45) is 0 Å². The predicted octanol–water partition coefficient (Wildman–Crippen LogP) is 3.46. The van der Waals surface area contributed by atoms with Crippen LogP contribution in [-0.2, 0) is 4.79 Å². The summed E-state index contributed by atoms with van der Waals surface area (Å²) in [5.41, 5.74) is 8.38. The van der Waals surface area contributed by atoms with Gasteiger partial charge >= 0.3 is 0 Å². The minimum Gasteiger partial charge on any atom is -0.399 e. The second-order valence-corrected chi connectivity index (χ2v) is 5.11. The van der Waals surface area contributed by atoms with E-state index in [4.69, 9.17) is 5.73 Å². The predicted molar refractivity (Wildman–Crippen MR) is 76.8 cm³/mol. The minimum absolute atomic E-state index is 0.0396. The molecule has 0 saturated carbocycles. The monoisotopic (exact) mass is 260 g/mol. The van der Waals surface area contributed by atoms with E-state index in [9.17, 15) is 4.79 Å². The van der Waals surface area contributed by atoms with Crippen LogP contribution in [0.5, 0.6) is 0 Å². The van der Waals surface area contributed by atoms with E-state index in [1.54, 1.807) is 11.3 Å². The molecule has 1 atom stereocenters. The Morgan fingerprint density at radius 2 is 2.06 bits per heavy atom. The third kappa shape index (κ3) is 3.34. The highest BCUT2D eigenvalue weighted by Crippen LogP contribution is 2.21. The molecule has 1 heterocycles. The molecule has 0 aliphatic heterocycles. The first-order chi connectivity index (χ1) is 8.65. The van der Waals surface area contributed by atoms with Crippen molar-refractivity contribution < 1.29 is 4.79 Å². The molecule has 0 saturated heterocycles. The number of nitrogen functional groups attached to an aromatic ring is 1. The quantitative estimate of drug-likeness (QED) is 0.827. The van der Waals surface area contributed by atoms with E-state index in [0.717, 1.165) is 16.9 Å². The summed E-state index contributed by atoms with van der Waals surface area (Å²) in [6.07, 6.45) is 0.472. The SMILES string of the molecule is CC(CC(=O)Nc1ccsc1)c1ccc(N)cc1. The Morgan fingerprint density at radius 1 is 1.33 bits per heavy atom. The molecule has 1 aromatic carbocycles. The Balaban J connectivity index is 1.92. The van der Waals surface area contributed by atoms with Crippen molar-refractivity contribution in [1.29, 1.82) is 0 Å². The van der Waals surface area contributed by atoms with Gasteiger partial charge in [-0.05, 0) is 35.1 Å². The van der Waals surface area contributed by atoms with Crippen molar-refractivity contribution >= 4 is 28.6 Å². The lowest BCUT2D eigenvalue weighted by Gasteiger charge is -2.11. The first-order valence-corrected chi connectivity index (χ1v) is 6.77. The molecule has 0 spiro atoms. The van der Waals surface area contributed by atoms with E-state index >= 15 is 0 Å². The van der Waals surface area contributed by atoms with Gasteiger partial charge in [-0.15, -0.1) is 0 Å². The zero-order chi connectivity index (χ0) is 13.0. The molecule has 94 valence electrons. The van der Waals surface area contributed by atoms with Crippen molar-refractivity contribution in [2.75, 3.05) is 11.1 Å². The van der Waals surface area contributed by atoms with Gasteiger partial charge in [0.25, 0.3) is 0 Å². The summed E-state index contributed by atoms with van der Waals surface area (Å²) in [5, 5.41) is 6.75. The number of hydrogen-bond donors (Lipinski definition) is 2. The molecule has 0 radical (unpaired) electrons. The minimum atomic E-state index is 0.0396. The molecular formula is C14H16N2OS. The number of amides is 1. The molecule has 2 aromatic rings. The van der Waals surface area contributed by atoms with Crippen LogP contribution in [0.15, 0.2) is 41.1 Å². The number of thiophene rings is 1. The molecule has 4 heteroatoms. The average Bonchev–Trinajstić information content (AvgIpc) is 2.82. The van der Waals surface area contributed by atoms with Gasteiger partial charge in [-0.1, -0.05) is 19.1 Å². The average molecular weight is 260 g/mol. The topological polar surface area (TPSA) is 55.1 Å². The van der Waals surface area contributed by atoms with E-state index in [1.165, 1.54) is 0 Å². The Kier molecular flexibility index (Phi) is 3.99. The number of rotatable bonds is 4. The van der Waals surface area contributed by atoms with Gasteiger partial charge in [0.1, 0.15) is 0 Å². The largest absolute Gasteiger partial charge is 0.399 e. The fourth-order valence-electron chi connectivity index (χ4n) is 1.77.